The Morgan fingerprint density at radius 2 is 1.69 bits per heavy atom. The van der Waals surface area contributed by atoms with Gasteiger partial charge in [0.2, 0.25) is 0 Å². The maximum atomic E-state index is 12.2. The Labute approximate surface area is 154 Å². The molecule has 2 aromatic rings. The van der Waals surface area contributed by atoms with Crippen molar-refractivity contribution in [3.8, 4) is 11.5 Å². The maximum absolute atomic E-state index is 12.2. The number of carbonyl (C=O) groups excluding carboxylic acids is 1. The van der Waals surface area contributed by atoms with Crippen molar-refractivity contribution in [1.82, 2.24) is 9.88 Å². The summed E-state index contributed by atoms with van der Waals surface area (Å²) in [6.07, 6.45) is 1.49. The van der Waals surface area contributed by atoms with Crippen molar-refractivity contribution < 1.29 is 14.3 Å². The minimum absolute atomic E-state index is 0.265. The quantitative estimate of drug-likeness (QED) is 0.835. The SMILES string of the molecule is CC(C)(C)OC(=O)N1CCN(c2ncccc2Oc2ccccc2)CC1. The summed E-state index contributed by atoms with van der Waals surface area (Å²) >= 11 is 0. The fourth-order valence-electron chi connectivity index (χ4n) is 2.74. The van der Waals surface area contributed by atoms with Gasteiger partial charge >= 0.3 is 6.09 Å². The number of benzene rings is 1. The highest BCUT2D eigenvalue weighted by Crippen LogP contribution is 2.30. The van der Waals surface area contributed by atoms with Crippen LogP contribution in [0.5, 0.6) is 11.5 Å². The Kier molecular flexibility index (Phi) is 5.30. The third-order valence-corrected chi connectivity index (χ3v) is 3.95. The highest BCUT2D eigenvalue weighted by molar-refractivity contribution is 5.68. The van der Waals surface area contributed by atoms with Crippen LogP contribution in [0.15, 0.2) is 48.7 Å². The van der Waals surface area contributed by atoms with Crippen LogP contribution in [0.3, 0.4) is 0 Å². The van der Waals surface area contributed by atoms with Crippen LogP contribution in [0.2, 0.25) is 0 Å². The van der Waals surface area contributed by atoms with Gasteiger partial charge in [-0.25, -0.2) is 9.78 Å². The number of para-hydroxylation sites is 1. The van der Waals surface area contributed by atoms with Crippen molar-refractivity contribution in [3.05, 3.63) is 48.7 Å². The lowest BCUT2D eigenvalue weighted by Crippen LogP contribution is -2.50. The standard InChI is InChI=1S/C20H25N3O3/c1-20(2,3)26-19(24)23-14-12-22(13-15-23)18-17(10-7-11-21-18)25-16-8-5-4-6-9-16/h4-11H,12-15H2,1-3H3. The summed E-state index contributed by atoms with van der Waals surface area (Å²) in [7, 11) is 0. The van der Waals surface area contributed by atoms with Gasteiger partial charge in [0.05, 0.1) is 0 Å². The molecular formula is C20H25N3O3. The number of amides is 1. The number of anilines is 1. The lowest BCUT2D eigenvalue weighted by molar-refractivity contribution is 0.0240. The fourth-order valence-corrected chi connectivity index (χ4v) is 2.74. The van der Waals surface area contributed by atoms with E-state index in [4.69, 9.17) is 9.47 Å². The first-order chi connectivity index (χ1) is 12.4. The molecule has 2 heterocycles. The van der Waals surface area contributed by atoms with Crippen molar-refractivity contribution in [2.24, 2.45) is 0 Å². The summed E-state index contributed by atoms with van der Waals surface area (Å²) in [6.45, 7) is 8.18. The molecule has 0 spiro atoms. The maximum Gasteiger partial charge on any atom is 0.410 e. The number of hydrogen-bond acceptors (Lipinski definition) is 5. The van der Waals surface area contributed by atoms with E-state index in [1.807, 2.05) is 63.2 Å². The number of nitrogens with zero attached hydrogens (tertiary/aromatic N) is 3. The number of ether oxygens (including phenoxy) is 2. The summed E-state index contributed by atoms with van der Waals surface area (Å²) in [6, 6.07) is 13.4. The van der Waals surface area contributed by atoms with Gasteiger partial charge in [-0.2, -0.15) is 0 Å². The molecule has 1 aromatic carbocycles. The van der Waals surface area contributed by atoms with Crippen molar-refractivity contribution in [2.45, 2.75) is 26.4 Å². The van der Waals surface area contributed by atoms with Crippen LogP contribution in [0.1, 0.15) is 20.8 Å². The minimum Gasteiger partial charge on any atom is -0.453 e. The number of pyridine rings is 1. The second-order valence-electron chi connectivity index (χ2n) is 7.19. The Hall–Kier alpha value is -2.76. The average Bonchev–Trinajstić information content (AvgIpc) is 2.62. The molecule has 6 heteroatoms. The van der Waals surface area contributed by atoms with Gasteiger partial charge in [-0.15, -0.1) is 0 Å². The molecule has 0 aliphatic carbocycles. The Morgan fingerprint density at radius 1 is 1.00 bits per heavy atom. The minimum atomic E-state index is -0.480. The molecule has 26 heavy (non-hydrogen) atoms. The van der Waals surface area contributed by atoms with Gasteiger partial charge in [0.25, 0.3) is 0 Å². The first-order valence-corrected chi connectivity index (χ1v) is 8.83. The number of aromatic nitrogens is 1. The number of rotatable bonds is 3. The molecule has 1 fully saturated rings. The molecule has 0 atom stereocenters. The molecule has 3 rings (SSSR count). The van der Waals surface area contributed by atoms with Crippen molar-refractivity contribution in [2.75, 3.05) is 31.1 Å². The first-order valence-electron chi connectivity index (χ1n) is 8.83. The molecule has 0 N–H and O–H groups in total. The van der Waals surface area contributed by atoms with Crippen LogP contribution < -0.4 is 9.64 Å². The van der Waals surface area contributed by atoms with E-state index >= 15 is 0 Å². The summed E-state index contributed by atoms with van der Waals surface area (Å²) in [5, 5.41) is 0. The lowest BCUT2D eigenvalue weighted by atomic mass is 10.2. The highest BCUT2D eigenvalue weighted by atomic mass is 16.6. The molecule has 1 saturated heterocycles. The van der Waals surface area contributed by atoms with Gasteiger partial charge in [0, 0.05) is 32.4 Å². The second-order valence-corrected chi connectivity index (χ2v) is 7.19. The predicted octanol–water partition coefficient (Wildman–Crippen LogP) is 3.93. The molecule has 0 unspecified atom stereocenters. The molecule has 6 nitrogen and oxygen atoms in total. The highest BCUT2D eigenvalue weighted by Gasteiger charge is 2.27. The van der Waals surface area contributed by atoms with E-state index in [2.05, 4.69) is 9.88 Å². The second kappa shape index (κ2) is 7.64. The van der Waals surface area contributed by atoms with E-state index < -0.39 is 5.60 Å². The summed E-state index contributed by atoms with van der Waals surface area (Å²) < 4.78 is 11.4. The molecule has 1 aliphatic rings. The normalized spacial score (nSPS) is 14.9. The van der Waals surface area contributed by atoms with Gasteiger partial charge in [-0.3, -0.25) is 0 Å². The van der Waals surface area contributed by atoms with Crippen molar-refractivity contribution in [3.63, 3.8) is 0 Å². The number of carbonyl (C=O) groups is 1. The van der Waals surface area contributed by atoms with Gasteiger partial charge < -0.3 is 19.3 Å². The lowest BCUT2D eigenvalue weighted by Gasteiger charge is -2.36. The van der Waals surface area contributed by atoms with Crippen LogP contribution >= 0.6 is 0 Å². The first kappa shape index (κ1) is 18.0. The van der Waals surface area contributed by atoms with Crippen LogP contribution in [0, 0.1) is 0 Å². The predicted molar refractivity (Wildman–Crippen MR) is 101 cm³/mol. The third kappa shape index (κ3) is 4.65. The van der Waals surface area contributed by atoms with E-state index in [0.29, 0.717) is 31.9 Å². The van der Waals surface area contributed by atoms with Crippen LogP contribution in [0.4, 0.5) is 10.6 Å². The van der Waals surface area contributed by atoms with Gasteiger partial charge in [0.15, 0.2) is 11.6 Å². The Balaban J connectivity index is 1.66. The van der Waals surface area contributed by atoms with Gasteiger partial charge in [0.1, 0.15) is 11.4 Å². The van der Waals surface area contributed by atoms with Crippen molar-refractivity contribution in [1.29, 1.82) is 0 Å². The van der Waals surface area contributed by atoms with E-state index in [-0.39, 0.29) is 6.09 Å². The molecule has 0 bridgehead atoms. The molecule has 1 aliphatic heterocycles. The zero-order valence-corrected chi connectivity index (χ0v) is 15.5. The molecule has 1 amide bonds. The van der Waals surface area contributed by atoms with Gasteiger partial charge in [-0.1, -0.05) is 18.2 Å². The number of hydrogen-bond donors (Lipinski definition) is 0. The Bertz CT molecular complexity index is 735. The zero-order valence-electron chi connectivity index (χ0n) is 15.5. The molecule has 0 radical (unpaired) electrons. The molecule has 138 valence electrons. The monoisotopic (exact) mass is 355 g/mol. The topological polar surface area (TPSA) is 54.9 Å². The van der Waals surface area contributed by atoms with Crippen LogP contribution in [-0.4, -0.2) is 47.8 Å². The van der Waals surface area contributed by atoms with E-state index in [0.717, 1.165) is 11.6 Å². The van der Waals surface area contributed by atoms with Gasteiger partial charge in [-0.05, 0) is 45.0 Å². The smallest absolute Gasteiger partial charge is 0.410 e. The fraction of sp³-hybridized carbons (Fsp3) is 0.400. The Morgan fingerprint density at radius 3 is 2.35 bits per heavy atom. The third-order valence-electron chi connectivity index (χ3n) is 3.95. The largest absolute Gasteiger partial charge is 0.453 e. The summed E-state index contributed by atoms with van der Waals surface area (Å²) in [4.78, 5) is 20.6. The van der Waals surface area contributed by atoms with Crippen molar-refractivity contribution >= 4 is 11.9 Å². The number of piperazine rings is 1. The molecule has 0 saturated carbocycles. The molecular weight excluding hydrogens is 330 g/mol. The van der Waals surface area contributed by atoms with E-state index in [1.54, 1.807) is 11.1 Å². The van der Waals surface area contributed by atoms with Crippen LogP contribution in [-0.2, 0) is 4.74 Å². The van der Waals surface area contributed by atoms with E-state index in [1.165, 1.54) is 0 Å². The summed E-state index contributed by atoms with van der Waals surface area (Å²) in [5.74, 6) is 2.28. The van der Waals surface area contributed by atoms with Crippen LogP contribution in [0.25, 0.3) is 0 Å². The summed E-state index contributed by atoms with van der Waals surface area (Å²) in [5.41, 5.74) is -0.480. The molecule has 1 aromatic heterocycles. The zero-order chi connectivity index (χ0) is 18.6. The van der Waals surface area contributed by atoms with E-state index in [9.17, 15) is 4.79 Å². The average molecular weight is 355 g/mol.